The molecule has 0 radical (unpaired) electrons. The third-order valence-corrected chi connectivity index (χ3v) is 4.38. The summed E-state index contributed by atoms with van der Waals surface area (Å²) in [6.45, 7) is 4.70. The number of nitrogens with one attached hydrogen (secondary N) is 1. The molecule has 0 bridgehead atoms. The van der Waals surface area contributed by atoms with Gasteiger partial charge in [0.05, 0.1) is 12.5 Å². The van der Waals surface area contributed by atoms with Gasteiger partial charge in [0.1, 0.15) is 5.75 Å². The number of nitrogens with zero attached hydrogens (tertiary/aromatic N) is 1. The summed E-state index contributed by atoms with van der Waals surface area (Å²) in [6.07, 6.45) is 2.82. The molecule has 1 heterocycles. The van der Waals surface area contributed by atoms with Gasteiger partial charge < -0.3 is 20.7 Å². The fourth-order valence-electron chi connectivity index (χ4n) is 3.03. The van der Waals surface area contributed by atoms with Gasteiger partial charge in [0.25, 0.3) is 0 Å². The van der Waals surface area contributed by atoms with Gasteiger partial charge in [-0.3, -0.25) is 9.59 Å². The molecule has 1 saturated heterocycles. The van der Waals surface area contributed by atoms with Gasteiger partial charge in [-0.05, 0) is 43.9 Å². The molecule has 1 aromatic carbocycles. The molecule has 1 fully saturated rings. The maximum Gasteiger partial charge on any atom is 0.224 e. The Balaban J connectivity index is 0.00000338. The van der Waals surface area contributed by atoms with Gasteiger partial charge in [0.15, 0.2) is 0 Å². The van der Waals surface area contributed by atoms with E-state index >= 15 is 0 Å². The van der Waals surface area contributed by atoms with Crippen molar-refractivity contribution in [2.75, 3.05) is 32.8 Å². The second kappa shape index (κ2) is 11.8. The Hall–Kier alpha value is -1.79. The van der Waals surface area contributed by atoms with Crippen LogP contribution in [0.25, 0.3) is 0 Å². The average molecular weight is 384 g/mol. The molecule has 1 aromatic rings. The van der Waals surface area contributed by atoms with Crippen LogP contribution in [0.2, 0.25) is 0 Å². The molecule has 1 aliphatic rings. The van der Waals surface area contributed by atoms with Gasteiger partial charge in [-0.2, -0.15) is 0 Å². The number of piperidine rings is 1. The van der Waals surface area contributed by atoms with Gasteiger partial charge in [-0.25, -0.2) is 0 Å². The number of hydrogen-bond donors (Lipinski definition) is 2. The Bertz CT molecular complexity index is 583. The molecular weight excluding hydrogens is 354 g/mol. The predicted molar refractivity (Wildman–Crippen MR) is 105 cm³/mol. The Labute approximate surface area is 161 Å². The Morgan fingerprint density at radius 3 is 2.92 bits per heavy atom. The molecule has 0 saturated carbocycles. The van der Waals surface area contributed by atoms with Crippen molar-refractivity contribution in [2.24, 2.45) is 11.7 Å². The highest BCUT2D eigenvalue weighted by Crippen LogP contribution is 2.18. The van der Waals surface area contributed by atoms with E-state index in [1.54, 1.807) is 0 Å². The van der Waals surface area contributed by atoms with E-state index in [4.69, 9.17) is 10.5 Å². The van der Waals surface area contributed by atoms with Gasteiger partial charge in [0, 0.05) is 32.6 Å². The number of hydrogen-bond acceptors (Lipinski definition) is 4. The quantitative estimate of drug-likeness (QED) is 0.671. The standard InChI is InChI=1S/C19H29N3O3.ClH/c1-15-5-2-7-17(13-15)25-12-4-8-18(23)22-11-3-6-16(14-22)19(24)21-10-9-20;/h2,5,7,13,16H,3-4,6,8-12,14,20H2,1H3,(H,21,24);1H. The van der Waals surface area contributed by atoms with Gasteiger partial charge in [-0.1, -0.05) is 12.1 Å². The number of ether oxygens (including phenoxy) is 1. The minimum absolute atomic E-state index is 0. The van der Waals surface area contributed by atoms with Crippen LogP contribution in [0.1, 0.15) is 31.2 Å². The topological polar surface area (TPSA) is 84.7 Å². The molecule has 7 heteroatoms. The van der Waals surface area contributed by atoms with Crippen LogP contribution < -0.4 is 15.8 Å². The molecule has 0 aromatic heterocycles. The number of aryl methyl sites for hydroxylation is 1. The van der Waals surface area contributed by atoms with E-state index in [0.29, 0.717) is 39.1 Å². The van der Waals surface area contributed by atoms with Crippen molar-refractivity contribution in [1.29, 1.82) is 0 Å². The number of nitrogens with two attached hydrogens (primary N) is 1. The van der Waals surface area contributed by atoms with E-state index in [0.717, 1.165) is 30.7 Å². The molecule has 146 valence electrons. The third kappa shape index (κ3) is 7.22. The summed E-state index contributed by atoms with van der Waals surface area (Å²) in [5.41, 5.74) is 6.56. The van der Waals surface area contributed by atoms with E-state index in [1.807, 2.05) is 36.1 Å². The van der Waals surface area contributed by atoms with E-state index in [-0.39, 0.29) is 30.1 Å². The van der Waals surface area contributed by atoms with Crippen molar-refractivity contribution >= 4 is 24.2 Å². The number of amides is 2. The van der Waals surface area contributed by atoms with Crippen LogP contribution in [0.5, 0.6) is 5.75 Å². The highest BCUT2D eigenvalue weighted by Gasteiger charge is 2.27. The summed E-state index contributed by atoms with van der Waals surface area (Å²) >= 11 is 0. The molecular formula is C19H30ClN3O3. The molecule has 2 rings (SSSR count). The average Bonchev–Trinajstić information content (AvgIpc) is 2.63. The van der Waals surface area contributed by atoms with E-state index < -0.39 is 0 Å². The van der Waals surface area contributed by atoms with Crippen LogP contribution in [0.3, 0.4) is 0 Å². The van der Waals surface area contributed by atoms with Gasteiger partial charge >= 0.3 is 0 Å². The number of likely N-dealkylation sites (tertiary alicyclic amines) is 1. The zero-order valence-corrected chi connectivity index (χ0v) is 16.2. The lowest BCUT2D eigenvalue weighted by molar-refractivity contribution is -0.135. The zero-order chi connectivity index (χ0) is 18.1. The summed E-state index contributed by atoms with van der Waals surface area (Å²) < 4.78 is 5.68. The number of benzene rings is 1. The first-order valence-corrected chi connectivity index (χ1v) is 9.05. The fourth-order valence-corrected chi connectivity index (χ4v) is 3.03. The minimum Gasteiger partial charge on any atom is -0.494 e. The first-order valence-electron chi connectivity index (χ1n) is 9.05. The van der Waals surface area contributed by atoms with Crippen LogP contribution in [-0.4, -0.2) is 49.5 Å². The van der Waals surface area contributed by atoms with Crippen molar-refractivity contribution in [1.82, 2.24) is 10.2 Å². The molecule has 1 unspecified atom stereocenters. The van der Waals surface area contributed by atoms with Crippen LogP contribution in [0.4, 0.5) is 0 Å². The smallest absolute Gasteiger partial charge is 0.224 e. The number of carbonyl (C=O) groups is 2. The van der Waals surface area contributed by atoms with Crippen LogP contribution in [0.15, 0.2) is 24.3 Å². The number of halogens is 1. The lowest BCUT2D eigenvalue weighted by atomic mass is 9.96. The van der Waals surface area contributed by atoms with Crippen molar-refractivity contribution < 1.29 is 14.3 Å². The monoisotopic (exact) mass is 383 g/mol. The van der Waals surface area contributed by atoms with Crippen LogP contribution >= 0.6 is 12.4 Å². The van der Waals surface area contributed by atoms with Crippen molar-refractivity contribution in [3.8, 4) is 5.75 Å². The molecule has 2 amide bonds. The molecule has 3 N–H and O–H groups in total. The number of rotatable bonds is 8. The zero-order valence-electron chi connectivity index (χ0n) is 15.4. The molecule has 1 atom stereocenters. The Morgan fingerprint density at radius 1 is 1.38 bits per heavy atom. The maximum atomic E-state index is 12.4. The SMILES string of the molecule is Cc1cccc(OCCCC(=O)N2CCCC(C(=O)NCCN)C2)c1.Cl. The van der Waals surface area contributed by atoms with E-state index in [2.05, 4.69) is 5.32 Å². The van der Waals surface area contributed by atoms with Crippen molar-refractivity contribution in [3.05, 3.63) is 29.8 Å². The summed E-state index contributed by atoms with van der Waals surface area (Å²) in [5.74, 6) is 0.824. The predicted octanol–water partition coefficient (Wildman–Crippen LogP) is 1.89. The highest BCUT2D eigenvalue weighted by atomic mass is 35.5. The van der Waals surface area contributed by atoms with E-state index in [1.165, 1.54) is 0 Å². The minimum atomic E-state index is -0.118. The summed E-state index contributed by atoms with van der Waals surface area (Å²) in [4.78, 5) is 26.2. The maximum absolute atomic E-state index is 12.4. The van der Waals surface area contributed by atoms with Crippen molar-refractivity contribution in [3.63, 3.8) is 0 Å². The van der Waals surface area contributed by atoms with Gasteiger partial charge in [-0.15, -0.1) is 12.4 Å². The molecule has 1 aliphatic heterocycles. The van der Waals surface area contributed by atoms with Crippen molar-refractivity contribution in [2.45, 2.75) is 32.6 Å². The summed E-state index contributed by atoms with van der Waals surface area (Å²) in [7, 11) is 0. The first-order chi connectivity index (χ1) is 12.1. The Kier molecular flexibility index (Phi) is 10.1. The van der Waals surface area contributed by atoms with Crippen LogP contribution in [0, 0.1) is 12.8 Å². The highest BCUT2D eigenvalue weighted by molar-refractivity contribution is 5.85. The second-order valence-electron chi connectivity index (χ2n) is 6.53. The normalized spacial score (nSPS) is 16.5. The lowest BCUT2D eigenvalue weighted by Gasteiger charge is -2.32. The number of carbonyl (C=O) groups excluding carboxylic acids is 2. The molecule has 0 aliphatic carbocycles. The summed E-state index contributed by atoms with van der Waals surface area (Å²) in [5, 5.41) is 2.81. The lowest BCUT2D eigenvalue weighted by Crippen LogP contribution is -2.46. The third-order valence-electron chi connectivity index (χ3n) is 4.38. The molecule has 0 spiro atoms. The second-order valence-corrected chi connectivity index (χ2v) is 6.53. The fraction of sp³-hybridized carbons (Fsp3) is 0.579. The summed E-state index contributed by atoms with van der Waals surface area (Å²) in [6, 6.07) is 7.88. The largest absolute Gasteiger partial charge is 0.494 e. The Morgan fingerprint density at radius 2 is 2.19 bits per heavy atom. The van der Waals surface area contributed by atoms with E-state index in [9.17, 15) is 9.59 Å². The molecule has 26 heavy (non-hydrogen) atoms. The first kappa shape index (κ1) is 22.3. The molecule has 6 nitrogen and oxygen atoms in total. The van der Waals surface area contributed by atoms with Crippen LogP contribution in [-0.2, 0) is 9.59 Å². The van der Waals surface area contributed by atoms with Gasteiger partial charge in [0.2, 0.25) is 11.8 Å².